The Balaban J connectivity index is 2.86. The summed E-state index contributed by atoms with van der Waals surface area (Å²) in [5, 5.41) is 3.65. The van der Waals surface area contributed by atoms with Crippen molar-refractivity contribution in [2.24, 2.45) is 5.41 Å². The Bertz CT molecular complexity index is 396. The Morgan fingerprint density at radius 1 is 1.05 bits per heavy atom. The summed E-state index contributed by atoms with van der Waals surface area (Å²) in [6.45, 7) is 15.8. The van der Waals surface area contributed by atoms with Gasteiger partial charge in [0.05, 0.1) is 0 Å². The van der Waals surface area contributed by atoms with Crippen LogP contribution < -0.4 is 10.2 Å². The van der Waals surface area contributed by atoms with Crippen LogP contribution in [0.2, 0.25) is 0 Å². The molecule has 0 saturated carbocycles. The maximum atomic E-state index is 3.65. The van der Waals surface area contributed by atoms with Crippen LogP contribution in [0.1, 0.15) is 52.5 Å². The molecule has 0 aliphatic heterocycles. The molecule has 0 saturated heterocycles. The molecule has 0 fully saturated rings. The van der Waals surface area contributed by atoms with Crippen molar-refractivity contribution in [2.75, 3.05) is 31.1 Å². The first-order valence-corrected chi connectivity index (χ1v) is 8.63. The summed E-state index contributed by atoms with van der Waals surface area (Å²) < 4.78 is 0. The molecule has 0 radical (unpaired) electrons. The highest BCUT2D eigenvalue weighted by molar-refractivity contribution is 5.53. The maximum Gasteiger partial charge on any atom is 0.0396 e. The second-order valence-corrected chi connectivity index (χ2v) is 6.18. The Morgan fingerprint density at radius 2 is 1.71 bits per heavy atom. The van der Waals surface area contributed by atoms with Crippen LogP contribution in [0.3, 0.4) is 0 Å². The fourth-order valence-corrected chi connectivity index (χ4v) is 3.00. The summed E-state index contributed by atoms with van der Waals surface area (Å²) in [5.41, 5.74) is 3.14. The molecular weight excluding hydrogens is 256 g/mol. The highest BCUT2D eigenvalue weighted by Crippen LogP contribution is 2.30. The molecule has 1 aromatic rings. The lowest BCUT2D eigenvalue weighted by atomic mass is 9.81. The summed E-state index contributed by atoms with van der Waals surface area (Å²) in [6, 6.07) is 8.75. The van der Waals surface area contributed by atoms with E-state index in [1.165, 1.54) is 30.5 Å². The first-order chi connectivity index (χ1) is 10.1. The van der Waals surface area contributed by atoms with Gasteiger partial charge in [-0.25, -0.2) is 0 Å². The first-order valence-electron chi connectivity index (χ1n) is 8.63. The van der Waals surface area contributed by atoms with Crippen molar-refractivity contribution in [2.45, 2.75) is 53.9 Å². The van der Waals surface area contributed by atoms with E-state index in [9.17, 15) is 0 Å². The van der Waals surface area contributed by atoms with E-state index >= 15 is 0 Å². The molecule has 0 atom stereocenters. The van der Waals surface area contributed by atoms with Crippen molar-refractivity contribution in [3.8, 4) is 0 Å². The highest BCUT2D eigenvalue weighted by atomic mass is 15.1. The number of hydrogen-bond acceptors (Lipinski definition) is 2. The Labute approximate surface area is 131 Å². The van der Waals surface area contributed by atoms with E-state index < -0.39 is 0 Å². The molecule has 0 bridgehead atoms. The van der Waals surface area contributed by atoms with Gasteiger partial charge in [-0.1, -0.05) is 39.0 Å². The van der Waals surface area contributed by atoms with Gasteiger partial charge in [-0.05, 0) is 56.7 Å². The molecule has 0 aliphatic carbocycles. The Kier molecular flexibility index (Phi) is 7.81. The van der Waals surface area contributed by atoms with Gasteiger partial charge in [0, 0.05) is 25.3 Å². The molecule has 0 spiro atoms. The SMILES string of the molecule is CCCNCC(CC)(CC)CN(CC)c1ccccc1C. The second kappa shape index (κ2) is 9.09. The number of aryl methyl sites for hydroxylation is 1. The van der Waals surface area contributed by atoms with Crippen LogP contribution in [-0.4, -0.2) is 26.2 Å². The fourth-order valence-electron chi connectivity index (χ4n) is 3.00. The van der Waals surface area contributed by atoms with Gasteiger partial charge in [-0.2, -0.15) is 0 Å². The van der Waals surface area contributed by atoms with E-state index in [-0.39, 0.29) is 0 Å². The number of anilines is 1. The lowest BCUT2D eigenvalue weighted by molar-refractivity contribution is 0.253. The van der Waals surface area contributed by atoms with Crippen LogP contribution in [0, 0.1) is 12.3 Å². The normalized spacial score (nSPS) is 11.7. The van der Waals surface area contributed by atoms with Gasteiger partial charge < -0.3 is 10.2 Å². The topological polar surface area (TPSA) is 15.3 Å². The lowest BCUT2D eigenvalue weighted by Crippen LogP contribution is -2.44. The Hall–Kier alpha value is -1.02. The average molecular weight is 290 g/mol. The summed E-state index contributed by atoms with van der Waals surface area (Å²) in [4.78, 5) is 2.55. The quantitative estimate of drug-likeness (QED) is 0.632. The first kappa shape index (κ1) is 18.0. The van der Waals surface area contributed by atoms with Gasteiger partial charge in [0.1, 0.15) is 0 Å². The van der Waals surface area contributed by atoms with Crippen molar-refractivity contribution >= 4 is 5.69 Å². The molecule has 0 amide bonds. The van der Waals surface area contributed by atoms with Gasteiger partial charge in [-0.3, -0.25) is 0 Å². The molecule has 1 aromatic carbocycles. The maximum absolute atomic E-state index is 3.65. The van der Waals surface area contributed by atoms with E-state index in [1.807, 2.05) is 0 Å². The van der Waals surface area contributed by atoms with Crippen LogP contribution >= 0.6 is 0 Å². The van der Waals surface area contributed by atoms with Gasteiger partial charge >= 0.3 is 0 Å². The molecule has 0 unspecified atom stereocenters. The number of nitrogens with one attached hydrogen (secondary N) is 1. The zero-order chi connectivity index (χ0) is 15.7. The Morgan fingerprint density at radius 3 is 2.24 bits per heavy atom. The molecule has 0 aromatic heterocycles. The van der Waals surface area contributed by atoms with Gasteiger partial charge in [0.2, 0.25) is 0 Å². The van der Waals surface area contributed by atoms with Gasteiger partial charge in [-0.15, -0.1) is 0 Å². The third kappa shape index (κ3) is 5.03. The summed E-state index contributed by atoms with van der Waals surface area (Å²) in [7, 11) is 0. The van der Waals surface area contributed by atoms with Crippen molar-refractivity contribution < 1.29 is 0 Å². The number of benzene rings is 1. The number of rotatable bonds is 10. The fraction of sp³-hybridized carbons (Fsp3) is 0.684. The minimum Gasteiger partial charge on any atom is -0.371 e. The van der Waals surface area contributed by atoms with Crippen molar-refractivity contribution in [1.29, 1.82) is 0 Å². The molecule has 2 heteroatoms. The van der Waals surface area contributed by atoms with Crippen LogP contribution in [-0.2, 0) is 0 Å². The average Bonchev–Trinajstić information content (AvgIpc) is 2.52. The lowest BCUT2D eigenvalue weighted by Gasteiger charge is -2.39. The van der Waals surface area contributed by atoms with Gasteiger partial charge in [0.15, 0.2) is 0 Å². The summed E-state index contributed by atoms with van der Waals surface area (Å²) in [6.07, 6.45) is 3.66. The largest absolute Gasteiger partial charge is 0.371 e. The van der Waals surface area contributed by atoms with Crippen molar-refractivity contribution in [3.63, 3.8) is 0 Å². The summed E-state index contributed by atoms with van der Waals surface area (Å²) >= 11 is 0. The molecule has 1 rings (SSSR count). The van der Waals surface area contributed by atoms with Crippen LogP contribution in [0.15, 0.2) is 24.3 Å². The summed E-state index contributed by atoms with van der Waals surface area (Å²) in [5.74, 6) is 0. The number of hydrogen-bond donors (Lipinski definition) is 1. The standard InChI is InChI=1S/C19H34N2/c1-6-14-20-15-19(7-2,8-3)16-21(9-4)18-13-11-10-12-17(18)5/h10-13,20H,6-9,14-16H2,1-5H3. The van der Waals surface area contributed by atoms with Crippen LogP contribution in [0.5, 0.6) is 0 Å². The second-order valence-electron chi connectivity index (χ2n) is 6.18. The molecule has 21 heavy (non-hydrogen) atoms. The van der Waals surface area contributed by atoms with Crippen molar-refractivity contribution in [3.05, 3.63) is 29.8 Å². The molecule has 0 heterocycles. The minimum atomic E-state index is 0.369. The molecule has 2 nitrogen and oxygen atoms in total. The monoisotopic (exact) mass is 290 g/mol. The predicted molar refractivity (Wildman–Crippen MR) is 95.2 cm³/mol. The molecule has 0 aliphatic rings. The van der Waals surface area contributed by atoms with E-state index in [1.54, 1.807) is 0 Å². The van der Waals surface area contributed by atoms with E-state index in [0.717, 1.165) is 26.2 Å². The third-order valence-electron chi connectivity index (χ3n) is 4.79. The third-order valence-corrected chi connectivity index (χ3v) is 4.79. The van der Waals surface area contributed by atoms with E-state index in [0.29, 0.717) is 5.41 Å². The zero-order valence-electron chi connectivity index (χ0n) is 14.7. The smallest absolute Gasteiger partial charge is 0.0396 e. The number of para-hydroxylation sites is 1. The highest BCUT2D eigenvalue weighted by Gasteiger charge is 2.28. The van der Waals surface area contributed by atoms with Gasteiger partial charge in [0.25, 0.3) is 0 Å². The molecule has 1 N–H and O–H groups in total. The number of nitrogens with zero attached hydrogens (tertiary/aromatic N) is 1. The van der Waals surface area contributed by atoms with E-state index in [2.05, 4.69) is 69.1 Å². The van der Waals surface area contributed by atoms with Crippen LogP contribution in [0.25, 0.3) is 0 Å². The van der Waals surface area contributed by atoms with E-state index in [4.69, 9.17) is 0 Å². The molecular formula is C19H34N2. The molecule has 120 valence electrons. The zero-order valence-corrected chi connectivity index (χ0v) is 14.7. The van der Waals surface area contributed by atoms with Crippen molar-refractivity contribution in [1.82, 2.24) is 5.32 Å². The predicted octanol–water partition coefficient (Wildman–Crippen LogP) is 4.63. The minimum absolute atomic E-state index is 0.369. The van der Waals surface area contributed by atoms with Crippen LogP contribution in [0.4, 0.5) is 5.69 Å².